The average Bonchev–Trinajstić information content (AvgIpc) is 2.59. The molecule has 0 atom stereocenters. The van der Waals surface area contributed by atoms with E-state index < -0.39 is 0 Å². The van der Waals surface area contributed by atoms with E-state index in [0.29, 0.717) is 6.61 Å². The first-order chi connectivity index (χ1) is 11.3. The molecule has 0 radical (unpaired) electrons. The number of ether oxygens (including phenoxy) is 1. The molecule has 0 amide bonds. The van der Waals surface area contributed by atoms with E-state index in [9.17, 15) is 0 Å². The zero-order valence-corrected chi connectivity index (χ0v) is 13.8. The van der Waals surface area contributed by atoms with Gasteiger partial charge in [0.05, 0.1) is 6.61 Å². The standard InChI is InChI=1S/C20H19NOS/c1-2-22-17-11-7-15(8-12-17)16-9-13-18(14-10-16)23-20-6-4-3-5-19(20)21/h3-14H,2,21H2,1H3. The highest BCUT2D eigenvalue weighted by molar-refractivity contribution is 7.99. The van der Waals surface area contributed by atoms with Gasteiger partial charge >= 0.3 is 0 Å². The highest BCUT2D eigenvalue weighted by atomic mass is 32.2. The van der Waals surface area contributed by atoms with E-state index in [4.69, 9.17) is 10.5 Å². The van der Waals surface area contributed by atoms with Crippen LogP contribution < -0.4 is 10.5 Å². The third kappa shape index (κ3) is 3.88. The molecule has 0 aliphatic carbocycles. The summed E-state index contributed by atoms with van der Waals surface area (Å²) in [7, 11) is 0. The Kier molecular flexibility index (Phi) is 4.89. The molecular weight excluding hydrogens is 302 g/mol. The molecule has 0 fully saturated rings. The summed E-state index contributed by atoms with van der Waals surface area (Å²) >= 11 is 1.68. The Morgan fingerprint density at radius 1 is 0.826 bits per heavy atom. The molecule has 2 nitrogen and oxygen atoms in total. The summed E-state index contributed by atoms with van der Waals surface area (Å²) in [4.78, 5) is 2.26. The molecule has 0 saturated carbocycles. The van der Waals surface area contributed by atoms with E-state index in [0.717, 1.165) is 16.3 Å². The van der Waals surface area contributed by atoms with Gasteiger partial charge in [0.15, 0.2) is 0 Å². The molecule has 0 saturated heterocycles. The normalized spacial score (nSPS) is 10.5. The van der Waals surface area contributed by atoms with Crippen LogP contribution in [0.15, 0.2) is 82.6 Å². The second-order valence-electron chi connectivity index (χ2n) is 5.12. The van der Waals surface area contributed by atoms with Gasteiger partial charge in [-0.15, -0.1) is 0 Å². The smallest absolute Gasteiger partial charge is 0.119 e. The highest BCUT2D eigenvalue weighted by Crippen LogP contribution is 2.33. The van der Waals surface area contributed by atoms with Crippen molar-refractivity contribution in [1.29, 1.82) is 0 Å². The molecule has 3 aromatic rings. The summed E-state index contributed by atoms with van der Waals surface area (Å²) in [5, 5.41) is 0. The minimum absolute atomic E-state index is 0.688. The Morgan fingerprint density at radius 2 is 1.43 bits per heavy atom. The van der Waals surface area contributed by atoms with E-state index >= 15 is 0 Å². The molecule has 0 bridgehead atoms. The van der Waals surface area contributed by atoms with Crippen molar-refractivity contribution in [2.75, 3.05) is 12.3 Å². The number of hydrogen-bond acceptors (Lipinski definition) is 3. The van der Waals surface area contributed by atoms with Crippen LogP contribution in [0, 0.1) is 0 Å². The zero-order chi connectivity index (χ0) is 16.1. The van der Waals surface area contributed by atoms with E-state index in [1.165, 1.54) is 16.0 Å². The predicted molar refractivity (Wildman–Crippen MR) is 98.0 cm³/mol. The quantitative estimate of drug-likeness (QED) is 0.631. The Balaban J connectivity index is 1.75. The van der Waals surface area contributed by atoms with Gasteiger partial charge in [0, 0.05) is 15.5 Å². The summed E-state index contributed by atoms with van der Waals surface area (Å²) in [6, 6.07) is 24.6. The maximum Gasteiger partial charge on any atom is 0.119 e. The summed E-state index contributed by atoms with van der Waals surface area (Å²) < 4.78 is 5.48. The van der Waals surface area contributed by atoms with Gasteiger partial charge in [-0.05, 0) is 54.4 Å². The van der Waals surface area contributed by atoms with Gasteiger partial charge in [-0.25, -0.2) is 0 Å². The molecule has 0 unspecified atom stereocenters. The van der Waals surface area contributed by atoms with Gasteiger partial charge in [-0.2, -0.15) is 0 Å². The fourth-order valence-corrected chi connectivity index (χ4v) is 3.18. The third-order valence-corrected chi connectivity index (χ3v) is 4.60. The average molecular weight is 321 g/mol. The molecule has 0 spiro atoms. The van der Waals surface area contributed by atoms with Crippen molar-refractivity contribution >= 4 is 17.4 Å². The lowest BCUT2D eigenvalue weighted by molar-refractivity contribution is 0.340. The van der Waals surface area contributed by atoms with Gasteiger partial charge < -0.3 is 10.5 Å². The topological polar surface area (TPSA) is 35.2 Å². The van der Waals surface area contributed by atoms with E-state index in [1.807, 2.05) is 43.3 Å². The first kappa shape index (κ1) is 15.5. The van der Waals surface area contributed by atoms with Gasteiger partial charge in [-0.1, -0.05) is 48.2 Å². The van der Waals surface area contributed by atoms with Crippen LogP contribution in [-0.2, 0) is 0 Å². The first-order valence-electron chi connectivity index (χ1n) is 7.62. The number of nitrogen functional groups attached to an aromatic ring is 1. The van der Waals surface area contributed by atoms with Crippen LogP contribution in [0.3, 0.4) is 0 Å². The zero-order valence-electron chi connectivity index (χ0n) is 13.0. The largest absolute Gasteiger partial charge is 0.494 e. The van der Waals surface area contributed by atoms with E-state index in [2.05, 4.69) is 36.4 Å². The summed E-state index contributed by atoms with van der Waals surface area (Å²) in [6.07, 6.45) is 0. The van der Waals surface area contributed by atoms with Crippen LogP contribution in [0.1, 0.15) is 6.92 Å². The maximum atomic E-state index is 6.00. The fraction of sp³-hybridized carbons (Fsp3) is 0.100. The number of hydrogen-bond donors (Lipinski definition) is 1. The molecule has 0 heterocycles. The molecule has 3 heteroatoms. The number of benzene rings is 3. The Labute approximate surface area is 141 Å². The number of anilines is 1. The van der Waals surface area contributed by atoms with Crippen molar-refractivity contribution in [2.45, 2.75) is 16.7 Å². The van der Waals surface area contributed by atoms with Crippen LogP contribution >= 0.6 is 11.8 Å². The Bertz CT molecular complexity index is 766. The van der Waals surface area contributed by atoms with Gasteiger partial charge in [-0.3, -0.25) is 0 Å². The molecule has 0 aromatic heterocycles. The maximum absolute atomic E-state index is 6.00. The van der Waals surface area contributed by atoms with Crippen LogP contribution in [0.2, 0.25) is 0 Å². The number of para-hydroxylation sites is 1. The third-order valence-electron chi connectivity index (χ3n) is 3.50. The van der Waals surface area contributed by atoms with Crippen molar-refractivity contribution in [3.63, 3.8) is 0 Å². The van der Waals surface area contributed by atoms with Crippen LogP contribution in [0.25, 0.3) is 11.1 Å². The van der Waals surface area contributed by atoms with Crippen molar-refractivity contribution in [2.24, 2.45) is 0 Å². The monoisotopic (exact) mass is 321 g/mol. The highest BCUT2D eigenvalue weighted by Gasteiger charge is 2.03. The lowest BCUT2D eigenvalue weighted by atomic mass is 10.1. The first-order valence-corrected chi connectivity index (χ1v) is 8.43. The van der Waals surface area contributed by atoms with Crippen molar-refractivity contribution in [3.8, 4) is 16.9 Å². The Hall–Kier alpha value is -2.39. The Morgan fingerprint density at radius 3 is 2.04 bits per heavy atom. The minimum atomic E-state index is 0.688. The molecule has 0 aliphatic heterocycles. The molecule has 2 N–H and O–H groups in total. The molecule has 3 aromatic carbocycles. The summed E-state index contributed by atoms with van der Waals surface area (Å²) in [5.41, 5.74) is 9.19. The SMILES string of the molecule is CCOc1ccc(-c2ccc(Sc3ccccc3N)cc2)cc1. The minimum Gasteiger partial charge on any atom is -0.494 e. The molecular formula is C20H19NOS. The second kappa shape index (κ2) is 7.25. The predicted octanol–water partition coefficient (Wildman–Crippen LogP) is 5.49. The molecule has 116 valence electrons. The van der Waals surface area contributed by atoms with E-state index in [1.54, 1.807) is 11.8 Å². The number of rotatable bonds is 5. The number of nitrogens with two attached hydrogens (primary N) is 1. The van der Waals surface area contributed by atoms with Crippen molar-refractivity contribution in [3.05, 3.63) is 72.8 Å². The van der Waals surface area contributed by atoms with Gasteiger partial charge in [0.1, 0.15) is 5.75 Å². The second-order valence-corrected chi connectivity index (χ2v) is 6.24. The van der Waals surface area contributed by atoms with Crippen molar-refractivity contribution < 1.29 is 4.74 Å². The molecule has 23 heavy (non-hydrogen) atoms. The van der Waals surface area contributed by atoms with Crippen molar-refractivity contribution in [1.82, 2.24) is 0 Å². The molecule has 0 aliphatic rings. The lowest BCUT2D eigenvalue weighted by Crippen LogP contribution is -1.90. The lowest BCUT2D eigenvalue weighted by Gasteiger charge is -2.07. The van der Waals surface area contributed by atoms with Crippen LogP contribution in [0.5, 0.6) is 5.75 Å². The fourth-order valence-electron chi connectivity index (χ4n) is 2.33. The van der Waals surface area contributed by atoms with E-state index in [-0.39, 0.29) is 0 Å². The summed E-state index contributed by atoms with van der Waals surface area (Å²) in [6.45, 7) is 2.68. The van der Waals surface area contributed by atoms with Crippen LogP contribution in [0.4, 0.5) is 5.69 Å². The van der Waals surface area contributed by atoms with Gasteiger partial charge in [0.2, 0.25) is 0 Å². The summed E-state index contributed by atoms with van der Waals surface area (Å²) in [5.74, 6) is 0.906. The molecule has 3 rings (SSSR count). The van der Waals surface area contributed by atoms with Gasteiger partial charge in [0.25, 0.3) is 0 Å². The van der Waals surface area contributed by atoms with Crippen LogP contribution in [-0.4, -0.2) is 6.61 Å².